The molecule has 7 heteroatoms. The summed E-state index contributed by atoms with van der Waals surface area (Å²) in [5.74, 6) is 5.62. The molecule has 1 aromatic heterocycles. The average molecular weight is 310 g/mol. The van der Waals surface area contributed by atoms with E-state index in [1.54, 1.807) is 12.1 Å². The number of hydrogen-bond acceptors (Lipinski definition) is 6. The molecule has 1 aromatic carbocycles. The van der Waals surface area contributed by atoms with Gasteiger partial charge in [-0.25, -0.2) is 4.39 Å². The second-order valence-electron chi connectivity index (χ2n) is 4.40. The summed E-state index contributed by atoms with van der Waals surface area (Å²) >= 11 is 0. The van der Waals surface area contributed by atoms with Crippen LogP contribution in [0.4, 0.5) is 22.2 Å². The first-order chi connectivity index (χ1) is 11.2. The third kappa shape index (κ3) is 5.18. The van der Waals surface area contributed by atoms with Gasteiger partial charge in [0.1, 0.15) is 5.82 Å². The van der Waals surface area contributed by atoms with Crippen LogP contribution in [-0.2, 0) is 6.54 Å². The predicted molar refractivity (Wildman–Crippen MR) is 88.2 cm³/mol. The molecule has 2 aromatic rings. The molecule has 116 valence electrons. The van der Waals surface area contributed by atoms with Crippen molar-refractivity contribution in [2.24, 2.45) is 0 Å². The summed E-state index contributed by atoms with van der Waals surface area (Å²) in [4.78, 5) is 12.6. The fourth-order valence-corrected chi connectivity index (χ4v) is 1.66. The molecule has 0 spiro atoms. The first-order valence-corrected chi connectivity index (χ1v) is 6.80. The lowest BCUT2D eigenvalue weighted by Gasteiger charge is -2.09. The lowest BCUT2D eigenvalue weighted by Crippen LogP contribution is -2.12. The van der Waals surface area contributed by atoms with E-state index in [0.29, 0.717) is 24.4 Å². The molecular formula is C16H15FN6. The van der Waals surface area contributed by atoms with Crippen LogP contribution < -0.4 is 16.0 Å². The number of terminal acetylenes is 2. The number of aromatic nitrogens is 3. The molecule has 0 fully saturated rings. The van der Waals surface area contributed by atoms with Crippen molar-refractivity contribution in [1.82, 2.24) is 15.0 Å². The summed E-state index contributed by atoms with van der Waals surface area (Å²) in [6.07, 6.45) is 10.4. The molecule has 0 aliphatic heterocycles. The van der Waals surface area contributed by atoms with Crippen LogP contribution in [0.3, 0.4) is 0 Å². The van der Waals surface area contributed by atoms with E-state index in [-0.39, 0.29) is 18.9 Å². The Hall–Kier alpha value is -3.32. The normalized spacial score (nSPS) is 9.52. The Kier molecular flexibility index (Phi) is 5.73. The lowest BCUT2D eigenvalue weighted by atomic mass is 10.2. The quantitative estimate of drug-likeness (QED) is 0.676. The standard InChI is InChI=1S/C16H15FN6/c1-3-9-18-14-21-15(19-10-4-2)23-16(22-14)20-11-12-5-7-13(17)8-6-12/h1-2,5-8H,9-11H2,(H3,18,19,20,21,22,23). The Bertz CT molecular complexity index is 693. The van der Waals surface area contributed by atoms with E-state index < -0.39 is 0 Å². The summed E-state index contributed by atoms with van der Waals surface area (Å²) in [6, 6.07) is 6.14. The van der Waals surface area contributed by atoms with Gasteiger partial charge in [0.05, 0.1) is 13.1 Å². The Morgan fingerprint density at radius 3 is 1.78 bits per heavy atom. The van der Waals surface area contributed by atoms with Gasteiger partial charge in [-0.15, -0.1) is 12.8 Å². The van der Waals surface area contributed by atoms with Gasteiger partial charge in [0.25, 0.3) is 0 Å². The first-order valence-electron chi connectivity index (χ1n) is 6.80. The number of anilines is 3. The Labute approximate surface area is 134 Å². The van der Waals surface area contributed by atoms with Gasteiger partial charge < -0.3 is 16.0 Å². The maximum Gasteiger partial charge on any atom is 0.230 e. The molecule has 0 unspecified atom stereocenters. The van der Waals surface area contributed by atoms with Crippen molar-refractivity contribution < 1.29 is 4.39 Å². The third-order valence-corrected chi connectivity index (χ3v) is 2.70. The van der Waals surface area contributed by atoms with Gasteiger partial charge in [-0.3, -0.25) is 0 Å². The number of nitrogens with one attached hydrogen (secondary N) is 3. The van der Waals surface area contributed by atoms with Gasteiger partial charge in [-0.2, -0.15) is 15.0 Å². The topological polar surface area (TPSA) is 74.8 Å². The molecule has 0 bridgehead atoms. The van der Waals surface area contributed by atoms with Gasteiger partial charge >= 0.3 is 0 Å². The molecule has 2 rings (SSSR count). The van der Waals surface area contributed by atoms with Crippen molar-refractivity contribution in [3.05, 3.63) is 35.6 Å². The largest absolute Gasteiger partial charge is 0.350 e. The summed E-state index contributed by atoms with van der Waals surface area (Å²) in [6.45, 7) is 1.01. The van der Waals surface area contributed by atoms with Crippen LogP contribution in [0.15, 0.2) is 24.3 Å². The molecule has 0 saturated carbocycles. The molecule has 0 atom stereocenters. The van der Waals surface area contributed by atoms with E-state index in [1.165, 1.54) is 12.1 Å². The molecule has 0 aliphatic carbocycles. The minimum absolute atomic E-state index is 0.282. The van der Waals surface area contributed by atoms with Crippen molar-refractivity contribution in [3.63, 3.8) is 0 Å². The zero-order valence-corrected chi connectivity index (χ0v) is 12.3. The van der Waals surface area contributed by atoms with Gasteiger partial charge in [0, 0.05) is 6.54 Å². The lowest BCUT2D eigenvalue weighted by molar-refractivity contribution is 0.627. The van der Waals surface area contributed by atoms with Gasteiger partial charge in [0.15, 0.2) is 0 Å². The van der Waals surface area contributed by atoms with Crippen LogP contribution in [0.5, 0.6) is 0 Å². The highest BCUT2D eigenvalue weighted by atomic mass is 19.1. The van der Waals surface area contributed by atoms with Crippen LogP contribution in [-0.4, -0.2) is 28.0 Å². The average Bonchev–Trinajstić information content (AvgIpc) is 2.57. The van der Waals surface area contributed by atoms with Crippen LogP contribution in [0.2, 0.25) is 0 Å². The van der Waals surface area contributed by atoms with Gasteiger partial charge in [-0.1, -0.05) is 24.0 Å². The summed E-state index contributed by atoms with van der Waals surface area (Å²) < 4.78 is 12.9. The molecule has 1 heterocycles. The molecular weight excluding hydrogens is 295 g/mol. The van der Waals surface area contributed by atoms with Crippen LogP contribution in [0, 0.1) is 30.5 Å². The zero-order valence-electron chi connectivity index (χ0n) is 12.3. The summed E-state index contributed by atoms with van der Waals surface area (Å²) in [7, 11) is 0. The minimum atomic E-state index is -0.282. The molecule has 6 nitrogen and oxygen atoms in total. The van der Waals surface area contributed by atoms with Crippen LogP contribution in [0.1, 0.15) is 5.56 Å². The number of hydrogen-bond donors (Lipinski definition) is 3. The smallest absolute Gasteiger partial charge is 0.230 e. The van der Waals surface area contributed by atoms with Crippen molar-refractivity contribution in [2.45, 2.75) is 6.54 Å². The van der Waals surface area contributed by atoms with Crippen LogP contribution in [0.25, 0.3) is 0 Å². The second-order valence-corrected chi connectivity index (χ2v) is 4.40. The van der Waals surface area contributed by atoms with Gasteiger partial charge in [-0.05, 0) is 17.7 Å². The predicted octanol–water partition coefficient (Wildman–Crippen LogP) is 1.71. The van der Waals surface area contributed by atoms with Crippen LogP contribution >= 0.6 is 0 Å². The van der Waals surface area contributed by atoms with E-state index in [1.807, 2.05) is 0 Å². The van der Waals surface area contributed by atoms with E-state index >= 15 is 0 Å². The van der Waals surface area contributed by atoms with E-state index in [9.17, 15) is 4.39 Å². The maximum absolute atomic E-state index is 12.9. The Morgan fingerprint density at radius 1 is 0.826 bits per heavy atom. The second kappa shape index (κ2) is 8.20. The monoisotopic (exact) mass is 310 g/mol. The number of nitrogens with zero attached hydrogens (tertiary/aromatic N) is 3. The van der Waals surface area contributed by atoms with E-state index in [2.05, 4.69) is 42.7 Å². The number of benzene rings is 1. The molecule has 3 N–H and O–H groups in total. The molecule has 23 heavy (non-hydrogen) atoms. The molecule has 0 amide bonds. The zero-order chi connectivity index (χ0) is 16.5. The fourth-order valence-electron chi connectivity index (χ4n) is 1.66. The SMILES string of the molecule is C#CCNc1nc(NCC#C)nc(NCc2ccc(F)cc2)n1. The fraction of sp³-hybridized carbons (Fsp3) is 0.188. The Morgan fingerprint density at radius 2 is 1.30 bits per heavy atom. The highest BCUT2D eigenvalue weighted by Gasteiger charge is 2.06. The Balaban J connectivity index is 2.10. The van der Waals surface area contributed by atoms with Crippen molar-refractivity contribution >= 4 is 17.8 Å². The first kappa shape index (κ1) is 16.1. The molecule has 0 radical (unpaired) electrons. The third-order valence-electron chi connectivity index (χ3n) is 2.70. The van der Waals surface area contributed by atoms with Crippen molar-refractivity contribution in [1.29, 1.82) is 0 Å². The number of halogens is 1. The minimum Gasteiger partial charge on any atom is -0.350 e. The number of rotatable bonds is 7. The summed E-state index contributed by atoms with van der Waals surface area (Å²) in [5, 5.41) is 8.80. The molecule has 0 saturated heterocycles. The summed E-state index contributed by atoms with van der Waals surface area (Å²) in [5.41, 5.74) is 0.892. The van der Waals surface area contributed by atoms with E-state index in [0.717, 1.165) is 5.56 Å². The van der Waals surface area contributed by atoms with E-state index in [4.69, 9.17) is 12.8 Å². The highest BCUT2D eigenvalue weighted by Crippen LogP contribution is 2.11. The maximum atomic E-state index is 12.9. The van der Waals surface area contributed by atoms with Gasteiger partial charge in [0.2, 0.25) is 17.8 Å². The van der Waals surface area contributed by atoms with Crippen molar-refractivity contribution in [2.75, 3.05) is 29.0 Å². The molecule has 0 aliphatic rings. The van der Waals surface area contributed by atoms with Crippen molar-refractivity contribution in [3.8, 4) is 24.7 Å². The highest BCUT2D eigenvalue weighted by molar-refractivity contribution is 5.43.